The smallest absolute Gasteiger partial charge is 0.236 e. The Labute approximate surface area is 105 Å². The van der Waals surface area contributed by atoms with Gasteiger partial charge < -0.3 is 5.32 Å². The van der Waals surface area contributed by atoms with Crippen molar-refractivity contribution in [2.75, 3.05) is 5.32 Å². The van der Waals surface area contributed by atoms with Gasteiger partial charge in [-0.3, -0.25) is 4.79 Å². The number of anilines is 1. The molecule has 0 aliphatic carbocycles. The summed E-state index contributed by atoms with van der Waals surface area (Å²) in [6.07, 6.45) is 0. The Morgan fingerprint density at radius 3 is 2.64 bits per heavy atom. The zero-order valence-corrected chi connectivity index (χ0v) is 11.5. The summed E-state index contributed by atoms with van der Waals surface area (Å²) in [6, 6.07) is 5.56. The highest BCUT2D eigenvalue weighted by Gasteiger charge is 2.09. The van der Waals surface area contributed by atoms with Gasteiger partial charge in [-0.25, -0.2) is 0 Å². The number of rotatable bonds is 2. The molecule has 1 aromatic carbocycles. The van der Waals surface area contributed by atoms with E-state index in [1.165, 1.54) is 0 Å². The molecule has 2 nitrogen and oxygen atoms in total. The lowest BCUT2D eigenvalue weighted by Crippen LogP contribution is -2.20. The summed E-state index contributed by atoms with van der Waals surface area (Å²) >= 11 is 10.7. The van der Waals surface area contributed by atoms with Crippen molar-refractivity contribution >= 4 is 56.1 Å². The molecule has 0 fully saturated rings. The van der Waals surface area contributed by atoms with Crippen LogP contribution >= 0.6 is 44.5 Å². The molecule has 0 radical (unpaired) electrons. The monoisotopic (exact) mass is 337 g/mol. The number of nitrogens with one attached hydrogen (secondary N) is 1. The maximum absolute atomic E-state index is 11.3. The number of amides is 1. The molecule has 1 atom stereocenters. The standard InChI is InChI=1S/C9H9Br2NOS/c1-5(14)9(13)12-8-3-2-6(10)4-7(8)11/h2-5,14H,1H3,(H,12,13). The number of thiol groups is 1. The van der Waals surface area contributed by atoms with E-state index in [2.05, 4.69) is 49.8 Å². The summed E-state index contributed by atoms with van der Waals surface area (Å²) < 4.78 is 1.80. The first-order valence-corrected chi connectivity index (χ1v) is 6.05. The predicted octanol–water partition coefficient (Wildman–Crippen LogP) is 3.47. The first kappa shape index (κ1) is 12.1. The maximum Gasteiger partial charge on any atom is 0.236 e. The van der Waals surface area contributed by atoms with E-state index in [-0.39, 0.29) is 11.2 Å². The van der Waals surface area contributed by atoms with Crippen LogP contribution in [0.1, 0.15) is 6.92 Å². The van der Waals surface area contributed by atoms with Gasteiger partial charge in [0.05, 0.1) is 10.9 Å². The van der Waals surface area contributed by atoms with Crippen LogP contribution in [0.4, 0.5) is 5.69 Å². The Bertz CT molecular complexity index is 355. The lowest BCUT2D eigenvalue weighted by molar-refractivity contribution is -0.115. The van der Waals surface area contributed by atoms with Gasteiger partial charge in [0.1, 0.15) is 0 Å². The summed E-state index contributed by atoms with van der Waals surface area (Å²) in [5.41, 5.74) is 0.749. The minimum Gasteiger partial charge on any atom is -0.324 e. The first-order valence-electron chi connectivity index (χ1n) is 3.94. The number of halogens is 2. The molecule has 76 valence electrons. The zero-order chi connectivity index (χ0) is 10.7. The quantitative estimate of drug-likeness (QED) is 0.794. The molecule has 0 bridgehead atoms. The zero-order valence-electron chi connectivity index (χ0n) is 7.42. The topological polar surface area (TPSA) is 29.1 Å². The van der Waals surface area contributed by atoms with Crippen molar-refractivity contribution < 1.29 is 4.79 Å². The van der Waals surface area contributed by atoms with Gasteiger partial charge in [-0.2, -0.15) is 12.6 Å². The van der Waals surface area contributed by atoms with Crippen LogP contribution in [-0.4, -0.2) is 11.2 Å². The number of hydrogen-bond donors (Lipinski definition) is 2. The summed E-state index contributed by atoms with van der Waals surface area (Å²) in [7, 11) is 0. The third kappa shape index (κ3) is 3.29. The molecule has 0 aliphatic rings. The molecule has 1 unspecified atom stereocenters. The Balaban J connectivity index is 2.82. The Morgan fingerprint density at radius 2 is 2.14 bits per heavy atom. The van der Waals surface area contributed by atoms with Crippen LogP contribution in [0, 0.1) is 0 Å². The molecule has 1 amide bonds. The Hall–Kier alpha value is -0.000000000000000111. The van der Waals surface area contributed by atoms with E-state index < -0.39 is 0 Å². The van der Waals surface area contributed by atoms with Crippen LogP contribution in [0.25, 0.3) is 0 Å². The van der Waals surface area contributed by atoms with Gasteiger partial charge in [-0.1, -0.05) is 15.9 Å². The lowest BCUT2D eigenvalue weighted by atomic mass is 10.3. The van der Waals surface area contributed by atoms with Gasteiger partial charge in [-0.05, 0) is 41.1 Å². The molecule has 1 rings (SSSR count). The number of carbonyl (C=O) groups excluding carboxylic acids is 1. The van der Waals surface area contributed by atoms with Crippen LogP contribution in [0.5, 0.6) is 0 Å². The van der Waals surface area contributed by atoms with Crippen molar-refractivity contribution in [1.29, 1.82) is 0 Å². The Morgan fingerprint density at radius 1 is 1.50 bits per heavy atom. The highest BCUT2D eigenvalue weighted by molar-refractivity contribution is 9.11. The van der Waals surface area contributed by atoms with E-state index in [1.807, 2.05) is 18.2 Å². The number of carbonyl (C=O) groups is 1. The van der Waals surface area contributed by atoms with Gasteiger partial charge in [0, 0.05) is 8.95 Å². The van der Waals surface area contributed by atoms with E-state index in [9.17, 15) is 4.79 Å². The van der Waals surface area contributed by atoms with E-state index in [0.29, 0.717) is 0 Å². The average molecular weight is 339 g/mol. The van der Waals surface area contributed by atoms with Crippen molar-refractivity contribution in [2.45, 2.75) is 12.2 Å². The van der Waals surface area contributed by atoms with Gasteiger partial charge in [0.25, 0.3) is 0 Å². The lowest BCUT2D eigenvalue weighted by Gasteiger charge is -2.09. The van der Waals surface area contributed by atoms with Crippen molar-refractivity contribution in [2.24, 2.45) is 0 Å². The van der Waals surface area contributed by atoms with Crippen LogP contribution in [0.2, 0.25) is 0 Å². The third-order valence-electron chi connectivity index (χ3n) is 1.57. The molecule has 0 saturated heterocycles. The summed E-state index contributed by atoms with van der Waals surface area (Å²) in [6.45, 7) is 1.73. The molecule has 0 spiro atoms. The normalized spacial score (nSPS) is 12.3. The highest BCUT2D eigenvalue weighted by Crippen LogP contribution is 2.26. The van der Waals surface area contributed by atoms with E-state index >= 15 is 0 Å². The summed E-state index contributed by atoms with van der Waals surface area (Å²) in [5, 5.41) is 2.44. The van der Waals surface area contributed by atoms with E-state index in [0.717, 1.165) is 14.6 Å². The van der Waals surface area contributed by atoms with Crippen LogP contribution in [0.3, 0.4) is 0 Å². The second kappa shape index (κ2) is 5.19. The van der Waals surface area contributed by atoms with Crippen molar-refractivity contribution in [3.63, 3.8) is 0 Å². The van der Waals surface area contributed by atoms with Gasteiger partial charge in [0.2, 0.25) is 5.91 Å². The predicted molar refractivity (Wildman–Crippen MR) is 68.9 cm³/mol. The molecule has 0 saturated carbocycles. The van der Waals surface area contributed by atoms with Crippen LogP contribution in [0.15, 0.2) is 27.1 Å². The maximum atomic E-state index is 11.3. The molecule has 0 aliphatic heterocycles. The fourth-order valence-electron chi connectivity index (χ4n) is 0.828. The van der Waals surface area contributed by atoms with E-state index in [4.69, 9.17) is 0 Å². The second-order valence-corrected chi connectivity index (χ2v) is 5.33. The summed E-state index contributed by atoms with van der Waals surface area (Å²) in [5.74, 6) is -0.114. The van der Waals surface area contributed by atoms with Crippen LogP contribution in [-0.2, 0) is 4.79 Å². The van der Waals surface area contributed by atoms with E-state index in [1.54, 1.807) is 6.92 Å². The first-order chi connectivity index (χ1) is 6.50. The molecule has 1 N–H and O–H groups in total. The minimum absolute atomic E-state index is 0.114. The third-order valence-corrected chi connectivity index (χ3v) is 2.95. The fraction of sp³-hybridized carbons (Fsp3) is 0.222. The van der Waals surface area contributed by atoms with Crippen molar-refractivity contribution in [3.05, 3.63) is 27.1 Å². The van der Waals surface area contributed by atoms with Crippen molar-refractivity contribution in [3.8, 4) is 0 Å². The fourth-order valence-corrected chi connectivity index (χ4v) is 2.04. The van der Waals surface area contributed by atoms with Gasteiger partial charge in [0.15, 0.2) is 0 Å². The molecule has 0 heterocycles. The molecule has 14 heavy (non-hydrogen) atoms. The second-order valence-electron chi connectivity index (χ2n) is 2.79. The Kier molecular flexibility index (Phi) is 4.47. The van der Waals surface area contributed by atoms with Crippen molar-refractivity contribution in [1.82, 2.24) is 0 Å². The SMILES string of the molecule is CC(S)C(=O)Nc1ccc(Br)cc1Br. The molecule has 5 heteroatoms. The molecular weight excluding hydrogens is 330 g/mol. The van der Waals surface area contributed by atoms with Crippen LogP contribution < -0.4 is 5.32 Å². The summed E-state index contributed by atoms with van der Waals surface area (Å²) in [4.78, 5) is 11.3. The molecule has 1 aromatic rings. The minimum atomic E-state index is -0.314. The number of hydrogen-bond acceptors (Lipinski definition) is 2. The molecular formula is C9H9Br2NOS. The van der Waals surface area contributed by atoms with Gasteiger partial charge in [-0.15, -0.1) is 0 Å². The largest absolute Gasteiger partial charge is 0.324 e. The highest BCUT2D eigenvalue weighted by atomic mass is 79.9. The number of benzene rings is 1. The van der Waals surface area contributed by atoms with Gasteiger partial charge >= 0.3 is 0 Å². The average Bonchev–Trinajstić information content (AvgIpc) is 2.09. The molecule has 0 aromatic heterocycles.